The highest BCUT2D eigenvalue weighted by atomic mass is 32.2. The van der Waals surface area contributed by atoms with Gasteiger partial charge in [0.05, 0.1) is 19.6 Å². The smallest absolute Gasteiger partial charge is 0.205 e. The Balaban J connectivity index is 2.15. The van der Waals surface area contributed by atoms with Crippen molar-refractivity contribution in [1.82, 2.24) is 0 Å². The first-order valence-electron chi connectivity index (χ1n) is 6.95. The SMILES string of the molecule is O=S1(=O)C2=C([C@H]3C=C[C@@H]2CCC3)S(=O)(=O)c2ccccc21. The number of fused-ring (bicyclic) bond motifs is 3. The van der Waals surface area contributed by atoms with Crippen LogP contribution in [0.4, 0.5) is 0 Å². The third-order valence-electron chi connectivity index (χ3n) is 4.53. The fourth-order valence-electron chi connectivity index (χ4n) is 3.62. The maximum atomic E-state index is 12.9. The predicted octanol–water partition coefficient (Wildman–Crippen LogP) is 2.45. The summed E-state index contributed by atoms with van der Waals surface area (Å²) in [7, 11) is -7.44. The molecule has 5 rings (SSSR count). The molecule has 21 heavy (non-hydrogen) atoms. The highest BCUT2D eigenvalue weighted by Crippen LogP contribution is 2.50. The molecule has 0 fully saturated rings. The van der Waals surface area contributed by atoms with Gasteiger partial charge in [-0.05, 0) is 25.0 Å². The second kappa shape index (κ2) is 4.08. The van der Waals surface area contributed by atoms with Crippen LogP contribution >= 0.6 is 0 Å². The van der Waals surface area contributed by atoms with E-state index in [-0.39, 0.29) is 31.4 Å². The van der Waals surface area contributed by atoms with Crippen molar-refractivity contribution in [3.05, 3.63) is 46.2 Å². The minimum absolute atomic E-state index is 0.0651. The lowest BCUT2D eigenvalue weighted by Crippen LogP contribution is -2.29. The second-order valence-corrected chi connectivity index (χ2v) is 9.48. The summed E-state index contributed by atoms with van der Waals surface area (Å²) in [6.07, 6.45) is 5.98. The molecular formula is C15H14O4S2. The predicted molar refractivity (Wildman–Crippen MR) is 77.8 cm³/mol. The summed E-state index contributed by atoms with van der Waals surface area (Å²) < 4.78 is 51.7. The zero-order chi connectivity index (χ0) is 14.8. The van der Waals surface area contributed by atoms with Gasteiger partial charge >= 0.3 is 0 Å². The van der Waals surface area contributed by atoms with Crippen molar-refractivity contribution in [2.24, 2.45) is 11.8 Å². The number of benzene rings is 1. The molecule has 0 radical (unpaired) electrons. The van der Waals surface area contributed by atoms with Crippen LogP contribution in [0, 0.1) is 11.8 Å². The minimum Gasteiger partial charge on any atom is -0.219 e. The Hall–Kier alpha value is -1.40. The Morgan fingerprint density at radius 3 is 1.62 bits per heavy atom. The zero-order valence-corrected chi connectivity index (χ0v) is 12.8. The van der Waals surface area contributed by atoms with E-state index >= 15 is 0 Å². The minimum atomic E-state index is -3.72. The molecule has 0 saturated carbocycles. The van der Waals surface area contributed by atoms with Crippen molar-refractivity contribution in [3.8, 4) is 0 Å². The Labute approximate surface area is 124 Å². The molecule has 1 aliphatic heterocycles. The first-order valence-corrected chi connectivity index (χ1v) is 9.92. The first-order chi connectivity index (χ1) is 9.94. The van der Waals surface area contributed by atoms with E-state index in [0.29, 0.717) is 12.8 Å². The molecule has 0 N–H and O–H groups in total. The normalized spacial score (nSPS) is 31.4. The largest absolute Gasteiger partial charge is 0.219 e. The van der Waals surface area contributed by atoms with E-state index in [0.717, 1.165) is 6.42 Å². The summed E-state index contributed by atoms with van der Waals surface area (Å²) in [5, 5.41) is 0. The lowest BCUT2D eigenvalue weighted by atomic mass is 9.98. The van der Waals surface area contributed by atoms with Gasteiger partial charge in [-0.2, -0.15) is 0 Å². The Morgan fingerprint density at radius 1 is 0.762 bits per heavy atom. The van der Waals surface area contributed by atoms with Crippen LogP contribution in [-0.2, 0) is 19.7 Å². The van der Waals surface area contributed by atoms with Crippen LogP contribution < -0.4 is 0 Å². The van der Waals surface area contributed by atoms with Gasteiger partial charge in [-0.15, -0.1) is 0 Å². The summed E-state index contributed by atoms with van der Waals surface area (Å²) in [5.74, 6) is -0.598. The van der Waals surface area contributed by atoms with E-state index in [9.17, 15) is 16.8 Å². The summed E-state index contributed by atoms with van der Waals surface area (Å²) in [6.45, 7) is 0. The van der Waals surface area contributed by atoms with Gasteiger partial charge in [-0.1, -0.05) is 30.7 Å². The van der Waals surface area contributed by atoms with Crippen molar-refractivity contribution < 1.29 is 16.8 Å². The lowest BCUT2D eigenvalue weighted by molar-refractivity contribution is 0.573. The Bertz CT molecular complexity index is 832. The lowest BCUT2D eigenvalue weighted by Gasteiger charge is -2.30. The standard InChI is InChI=1S/C15H14O4S2/c16-20(17)12-6-1-2-7-13(12)21(18,19)15-11-5-3-4-10(8-9-11)14(15)20/h1-2,6-11H,3-5H2/t10-,11+. The van der Waals surface area contributed by atoms with Crippen LogP contribution in [-0.4, -0.2) is 16.8 Å². The summed E-state index contributed by atoms with van der Waals surface area (Å²) in [4.78, 5) is 0.131. The number of hydrogen-bond donors (Lipinski definition) is 0. The van der Waals surface area contributed by atoms with Crippen molar-refractivity contribution in [2.75, 3.05) is 0 Å². The number of sulfone groups is 2. The monoisotopic (exact) mass is 322 g/mol. The molecule has 0 spiro atoms. The van der Waals surface area contributed by atoms with Gasteiger partial charge in [0, 0.05) is 11.8 Å². The maximum absolute atomic E-state index is 12.9. The highest BCUT2D eigenvalue weighted by Gasteiger charge is 2.48. The highest BCUT2D eigenvalue weighted by molar-refractivity contribution is 8.01. The zero-order valence-electron chi connectivity index (χ0n) is 11.2. The van der Waals surface area contributed by atoms with Crippen LogP contribution in [0.25, 0.3) is 0 Å². The molecule has 2 atom stereocenters. The van der Waals surface area contributed by atoms with Crippen LogP contribution in [0.15, 0.2) is 56.0 Å². The van der Waals surface area contributed by atoms with Crippen molar-refractivity contribution in [1.29, 1.82) is 0 Å². The van der Waals surface area contributed by atoms with Gasteiger partial charge in [0.25, 0.3) is 0 Å². The second-order valence-electron chi connectivity index (χ2n) is 5.71. The van der Waals surface area contributed by atoms with Gasteiger partial charge in [0.1, 0.15) is 0 Å². The summed E-state index contributed by atoms with van der Waals surface area (Å²) >= 11 is 0. The maximum Gasteiger partial charge on any atom is 0.205 e. The van der Waals surface area contributed by atoms with Crippen molar-refractivity contribution in [2.45, 2.75) is 29.1 Å². The third-order valence-corrected chi connectivity index (χ3v) is 8.86. The molecule has 3 aliphatic carbocycles. The van der Waals surface area contributed by atoms with Gasteiger partial charge in [0.15, 0.2) is 0 Å². The van der Waals surface area contributed by atoms with Gasteiger partial charge in [-0.3, -0.25) is 0 Å². The molecule has 0 amide bonds. The topological polar surface area (TPSA) is 68.3 Å². The fourth-order valence-corrected chi connectivity index (χ4v) is 8.61. The quantitative estimate of drug-likeness (QED) is 0.688. The summed E-state index contributed by atoms with van der Waals surface area (Å²) in [5.41, 5.74) is 0. The Kier molecular flexibility index (Phi) is 2.58. The van der Waals surface area contributed by atoms with Crippen molar-refractivity contribution >= 4 is 19.7 Å². The molecule has 1 aromatic carbocycles. The van der Waals surface area contributed by atoms with E-state index in [2.05, 4.69) is 0 Å². The molecule has 6 heteroatoms. The molecule has 2 bridgehead atoms. The molecule has 1 aromatic rings. The molecule has 0 saturated heterocycles. The number of rotatable bonds is 0. The summed E-state index contributed by atoms with van der Waals surface area (Å²) in [6, 6.07) is 5.94. The molecule has 110 valence electrons. The van der Waals surface area contributed by atoms with E-state index < -0.39 is 19.7 Å². The van der Waals surface area contributed by atoms with Gasteiger partial charge < -0.3 is 0 Å². The van der Waals surface area contributed by atoms with E-state index in [1.54, 1.807) is 12.1 Å². The van der Waals surface area contributed by atoms with Crippen LogP contribution in [0.5, 0.6) is 0 Å². The molecule has 1 heterocycles. The van der Waals surface area contributed by atoms with E-state index in [4.69, 9.17) is 0 Å². The Morgan fingerprint density at radius 2 is 1.19 bits per heavy atom. The van der Waals surface area contributed by atoms with Crippen LogP contribution in [0.2, 0.25) is 0 Å². The van der Waals surface area contributed by atoms with Gasteiger partial charge in [0.2, 0.25) is 19.7 Å². The fraction of sp³-hybridized carbons (Fsp3) is 0.333. The average Bonchev–Trinajstić information content (AvgIpc) is 2.80. The third kappa shape index (κ3) is 1.60. The van der Waals surface area contributed by atoms with Gasteiger partial charge in [-0.25, -0.2) is 16.8 Å². The molecule has 4 aliphatic rings. The van der Waals surface area contributed by atoms with E-state index in [1.807, 2.05) is 12.2 Å². The van der Waals surface area contributed by atoms with E-state index in [1.165, 1.54) is 12.1 Å². The van der Waals surface area contributed by atoms with Crippen LogP contribution in [0.1, 0.15) is 19.3 Å². The number of allylic oxidation sites excluding steroid dienone is 4. The number of hydrogen-bond acceptors (Lipinski definition) is 4. The molecule has 4 nitrogen and oxygen atoms in total. The molecular weight excluding hydrogens is 308 g/mol. The molecule has 0 unspecified atom stereocenters. The average molecular weight is 322 g/mol. The van der Waals surface area contributed by atoms with Crippen LogP contribution in [0.3, 0.4) is 0 Å². The van der Waals surface area contributed by atoms with Crippen molar-refractivity contribution in [3.63, 3.8) is 0 Å². The first kappa shape index (κ1) is 13.3. The molecule has 0 aromatic heterocycles.